The monoisotopic (exact) mass is 459 g/mol. The van der Waals surface area contributed by atoms with E-state index in [2.05, 4.69) is 67.6 Å². The zero-order valence-corrected chi connectivity index (χ0v) is 17.5. The Morgan fingerprint density at radius 2 is 2.00 bits per heavy atom. The molecule has 1 fully saturated rings. The van der Waals surface area contributed by atoms with Gasteiger partial charge in [-0.3, -0.25) is 9.89 Å². The Bertz CT molecular complexity index is 629. The third-order valence-electron chi connectivity index (χ3n) is 4.32. The van der Waals surface area contributed by atoms with E-state index in [-0.39, 0.29) is 24.0 Å². The zero-order chi connectivity index (χ0) is 16.1. The third-order valence-corrected chi connectivity index (χ3v) is 5.18. The fourth-order valence-corrected chi connectivity index (χ4v) is 3.67. The Labute approximate surface area is 165 Å². The Kier molecular flexibility index (Phi) is 7.57. The van der Waals surface area contributed by atoms with Crippen LogP contribution in [0.15, 0.2) is 40.8 Å². The molecule has 1 saturated heterocycles. The molecule has 2 aromatic rings. The molecule has 3 rings (SSSR count). The molecule has 0 atom stereocenters. The van der Waals surface area contributed by atoms with E-state index in [4.69, 9.17) is 0 Å². The van der Waals surface area contributed by atoms with Gasteiger partial charge in [0.2, 0.25) is 0 Å². The lowest BCUT2D eigenvalue weighted by molar-refractivity contribution is 0.173. The first-order valence-corrected chi connectivity index (χ1v) is 8.95. The van der Waals surface area contributed by atoms with Crippen molar-refractivity contribution in [3.63, 3.8) is 0 Å². The second kappa shape index (κ2) is 9.43. The summed E-state index contributed by atoms with van der Waals surface area (Å²) in [5.74, 6) is 1.00. The Morgan fingerprint density at radius 3 is 2.58 bits per heavy atom. The molecule has 0 amide bonds. The third kappa shape index (κ3) is 4.97. The van der Waals surface area contributed by atoms with Crippen molar-refractivity contribution in [3.8, 4) is 0 Å². The first-order valence-electron chi connectivity index (χ1n) is 8.07. The number of hydrogen-bond acceptors (Lipinski definition) is 3. The van der Waals surface area contributed by atoms with Gasteiger partial charge < -0.3 is 14.8 Å². The van der Waals surface area contributed by atoms with Crippen LogP contribution in [-0.4, -0.2) is 53.6 Å². The molecule has 0 aliphatic carbocycles. The van der Waals surface area contributed by atoms with E-state index in [1.807, 2.05) is 18.4 Å². The number of rotatable bonds is 4. The van der Waals surface area contributed by atoms with Crippen LogP contribution in [0.1, 0.15) is 10.6 Å². The van der Waals surface area contributed by atoms with Gasteiger partial charge in [0, 0.05) is 63.6 Å². The summed E-state index contributed by atoms with van der Waals surface area (Å²) in [6.07, 6.45) is 2.07. The van der Waals surface area contributed by atoms with Crippen LogP contribution in [-0.2, 0) is 20.1 Å². The first kappa shape index (κ1) is 19.3. The molecule has 0 radical (unpaired) electrons. The second-order valence-corrected chi connectivity index (χ2v) is 6.89. The van der Waals surface area contributed by atoms with Crippen molar-refractivity contribution in [1.82, 2.24) is 19.7 Å². The molecule has 132 valence electrons. The lowest BCUT2D eigenvalue weighted by Crippen LogP contribution is -2.52. The van der Waals surface area contributed by atoms with Crippen molar-refractivity contribution in [1.29, 1.82) is 0 Å². The number of nitrogens with zero attached hydrogens (tertiary/aromatic N) is 4. The normalized spacial score (nSPS) is 16.1. The average molecular weight is 459 g/mol. The topological polar surface area (TPSA) is 35.8 Å². The van der Waals surface area contributed by atoms with Gasteiger partial charge in [-0.2, -0.15) is 0 Å². The highest BCUT2D eigenvalue weighted by Gasteiger charge is 2.19. The number of piperazine rings is 1. The molecule has 3 heterocycles. The minimum absolute atomic E-state index is 0. The van der Waals surface area contributed by atoms with Crippen molar-refractivity contribution in [2.45, 2.75) is 13.1 Å². The number of aryl methyl sites for hydroxylation is 1. The molecule has 7 heteroatoms. The molecule has 1 aliphatic rings. The van der Waals surface area contributed by atoms with Gasteiger partial charge in [-0.25, -0.2) is 0 Å². The van der Waals surface area contributed by atoms with Crippen molar-refractivity contribution in [2.75, 3.05) is 33.2 Å². The van der Waals surface area contributed by atoms with Crippen LogP contribution in [0.3, 0.4) is 0 Å². The van der Waals surface area contributed by atoms with Crippen LogP contribution >= 0.6 is 35.3 Å². The van der Waals surface area contributed by atoms with Crippen molar-refractivity contribution < 1.29 is 0 Å². The van der Waals surface area contributed by atoms with Crippen LogP contribution < -0.4 is 5.32 Å². The molecule has 0 saturated carbocycles. The zero-order valence-electron chi connectivity index (χ0n) is 14.3. The predicted octanol–water partition coefficient (Wildman–Crippen LogP) is 2.60. The van der Waals surface area contributed by atoms with Crippen LogP contribution in [0.4, 0.5) is 0 Å². The first-order chi connectivity index (χ1) is 11.3. The van der Waals surface area contributed by atoms with Gasteiger partial charge in [0.1, 0.15) is 0 Å². The van der Waals surface area contributed by atoms with E-state index in [9.17, 15) is 0 Å². The van der Waals surface area contributed by atoms with Crippen molar-refractivity contribution in [2.24, 2.45) is 12.0 Å². The minimum atomic E-state index is 0. The molecule has 1 aliphatic heterocycles. The lowest BCUT2D eigenvalue weighted by Gasteiger charge is -2.36. The smallest absolute Gasteiger partial charge is 0.194 e. The highest BCUT2D eigenvalue weighted by Crippen LogP contribution is 2.13. The van der Waals surface area contributed by atoms with E-state index in [1.165, 1.54) is 10.6 Å². The van der Waals surface area contributed by atoms with Crippen LogP contribution in [0.2, 0.25) is 0 Å². The largest absolute Gasteiger partial charge is 0.353 e. The molecular weight excluding hydrogens is 433 g/mol. The SMILES string of the molecule is CN=C(NCc1cccn1C)N1CCN(Cc2cccs2)CC1.I. The summed E-state index contributed by atoms with van der Waals surface area (Å²) in [7, 11) is 3.94. The van der Waals surface area contributed by atoms with Crippen molar-refractivity contribution >= 4 is 41.3 Å². The molecule has 0 spiro atoms. The summed E-state index contributed by atoms with van der Waals surface area (Å²) >= 11 is 1.84. The Morgan fingerprint density at radius 1 is 1.21 bits per heavy atom. The predicted molar refractivity (Wildman–Crippen MR) is 112 cm³/mol. The van der Waals surface area contributed by atoms with Crippen LogP contribution in [0, 0.1) is 0 Å². The number of aliphatic imine (C=N–C) groups is 1. The average Bonchev–Trinajstić information content (AvgIpc) is 3.21. The Balaban J connectivity index is 0.00000208. The van der Waals surface area contributed by atoms with E-state index >= 15 is 0 Å². The number of aromatic nitrogens is 1. The highest BCUT2D eigenvalue weighted by atomic mass is 127. The van der Waals surface area contributed by atoms with Gasteiger partial charge in [-0.05, 0) is 23.6 Å². The molecule has 0 unspecified atom stereocenters. The van der Waals surface area contributed by atoms with E-state index in [0.29, 0.717) is 0 Å². The summed E-state index contributed by atoms with van der Waals surface area (Å²) in [6.45, 7) is 6.11. The van der Waals surface area contributed by atoms with Gasteiger partial charge in [0.15, 0.2) is 5.96 Å². The molecule has 5 nitrogen and oxygen atoms in total. The second-order valence-electron chi connectivity index (χ2n) is 5.85. The minimum Gasteiger partial charge on any atom is -0.353 e. The molecule has 2 aromatic heterocycles. The van der Waals surface area contributed by atoms with Gasteiger partial charge in [-0.1, -0.05) is 6.07 Å². The maximum atomic E-state index is 4.45. The van der Waals surface area contributed by atoms with Gasteiger partial charge >= 0.3 is 0 Å². The number of hydrogen-bond donors (Lipinski definition) is 1. The standard InChI is InChI=1S/C17H25N5S.HI/c1-18-17(19-13-15-5-3-7-20(15)2)22-10-8-21(9-11-22)14-16-6-4-12-23-16;/h3-7,12H,8-11,13-14H2,1-2H3,(H,18,19);1H. The number of thiophene rings is 1. The van der Waals surface area contributed by atoms with Gasteiger partial charge in [-0.15, -0.1) is 35.3 Å². The van der Waals surface area contributed by atoms with E-state index in [0.717, 1.165) is 45.2 Å². The lowest BCUT2D eigenvalue weighted by atomic mass is 10.3. The summed E-state index contributed by atoms with van der Waals surface area (Å²) in [5, 5.41) is 5.64. The molecular formula is C17H26IN5S. The van der Waals surface area contributed by atoms with Crippen LogP contribution in [0.25, 0.3) is 0 Å². The molecule has 24 heavy (non-hydrogen) atoms. The van der Waals surface area contributed by atoms with Gasteiger partial charge in [0.25, 0.3) is 0 Å². The molecule has 0 bridgehead atoms. The fourth-order valence-electron chi connectivity index (χ4n) is 2.92. The highest BCUT2D eigenvalue weighted by molar-refractivity contribution is 14.0. The number of halogens is 1. The summed E-state index contributed by atoms with van der Waals surface area (Å²) in [4.78, 5) is 10.8. The van der Waals surface area contributed by atoms with E-state index in [1.54, 1.807) is 0 Å². The van der Waals surface area contributed by atoms with Crippen LogP contribution in [0.5, 0.6) is 0 Å². The fraction of sp³-hybridized carbons (Fsp3) is 0.471. The van der Waals surface area contributed by atoms with E-state index < -0.39 is 0 Å². The van der Waals surface area contributed by atoms with Gasteiger partial charge in [0.05, 0.1) is 6.54 Å². The quantitative estimate of drug-likeness (QED) is 0.434. The van der Waals surface area contributed by atoms with Crippen molar-refractivity contribution in [3.05, 3.63) is 46.4 Å². The maximum Gasteiger partial charge on any atom is 0.194 e. The Hall–Kier alpha value is -1.06. The number of nitrogens with one attached hydrogen (secondary N) is 1. The number of guanidine groups is 1. The maximum absolute atomic E-state index is 4.45. The summed E-state index contributed by atoms with van der Waals surface area (Å²) in [5.41, 5.74) is 1.27. The molecule has 1 N–H and O–H groups in total. The molecule has 0 aromatic carbocycles. The summed E-state index contributed by atoms with van der Waals surface area (Å²) in [6, 6.07) is 8.56. The summed E-state index contributed by atoms with van der Waals surface area (Å²) < 4.78 is 2.14.